The summed E-state index contributed by atoms with van der Waals surface area (Å²) < 4.78 is 67.1. The van der Waals surface area contributed by atoms with E-state index in [0.717, 1.165) is 48.1 Å². The Hall–Kier alpha value is -3.59. The highest BCUT2D eigenvalue weighted by molar-refractivity contribution is 7.89. The van der Waals surface area contributed by atoms with Crippen LogP contribution in [0.1, 0.15) is 48.3 Å². The lowest BCUT2D eigenvalue weighted by atomic mass is 9.84. The zero-order valence-electron chi connectivity index (χ0n) is 24.7. The molecule has 2 fully saturated rings. The quantitative estimate of drug-likeness (QED) is 0.359. The van der Waals surface area contributed by atoms with Gasteiger partial charge in [-0.3, -0.25) is 9.89 Å². The number of nitrogens with zero attached hydrogens (tertiary/aromatic N) is 3. The van der Waals surface area contributed by atoms with Gasteiger partial charge in [0.15, 0.2) is 5.82 Å². The van der Waals surface area contributed by atoms with Crippen molar-refractivity contribution >= 4 is 33.1 Å². The van der Waals surface area contributed by atoms with E-state index in [0.29, 0.717) is 55.0 Å². The molecule has 0 bridgehead atoms. The van der Waals surface area contributed by atoms with Crippen molar-refractivity contribution in [2.24, 2.45) is 0 Å². The van der Waals surface area contributed by atoms with Crippen LogP contribution >= 0.6 is 0 Å². The second-order valence-electron chi connectivity index (χ2n) is 12.0. The zero-order valence-corrected chi connectivity index (χ0v) is 25.5. The lowest BCUT2D eigenvalue weighted by Gasteiger charge is -2.36. The van der Waals surface area contributed by atoms with E-state index in [1.165, 1.54) is 0 Å². The van der Waals surface area contributed by atoms with Gasteiger partial charge in [0.2, 0.25) is 10.0 Å². The van der Waals surface area contributed by atoms with Crippen LogP contribution in [0.5, 0.6) is 0 Å². The number of nitrogens with one attached hydrogen (secondary N) is 3. The number of hydrogen-bond donors (Lipinski definition) is 3. The summed E-state index contributed by atoms with van der Waals surface area (Å²) in [7, 11) is -4.27. The lowest BCUT2D eigenvalue weighted by Crippen LogP contribution is -2.45. The summed E-state index contributed by atoms with van der Waals surface area (Å²) in [4.78, 5) is 15.5. The zero-order chi connectivity index (χ0) is 31.1. The number of carbonyl (C=O) groups is 1. The molecule has 0 saturated carbocycles. The second-order valence-corrected chi connectivity index (χ2v) is 13.9. The maximum atomic E-state index is 13.9. The fourth-order valence-electron chi connectivity index (χ4n) is 6.04. The van der Waals surface area contributed by atoms with Crippen LogP contribution in [0.25, 0.3) is 0 Å². The van der Waals surface area contributed by atoms with E-state index in [4.69, 9.17) is 9.47 Å². The summed E-state index contributed by atoms with van der Waals surface area (Å²) in [6.45, 7) is 7.61. The van der Waals surface area contributed by atoms with Crippen LogP contribution in [-0.4, -0.2) is 80.9 Å². The Bertz CT molecular complexity index is 1630. The number of sulfonamides is 1. The molecule has 14 heteroatoms. The maximum Gasteiger partial charge on any atom is 0.258 e. The summed E-state index contributed by atoms with van der Waals surface area (Å²) in [6.07, 6.45) is 1.62. The first-order valence-corrected chi connectivity index (χ1v) is 16.1. The lowest BCUT2D eigenvalue weighted by molar-refractivity contribution is 0.0904. The van der Waals surface area contributed by atoms with Crippen molar-refractivity contribution in [2.75, 3.05) is 61.6 Å². The number of ether oxygens (including phenoxy) is 2. The standard InChI is InChI=1S/C30H36F2N6O5S/c1-30(2)18-38(44(40,41)23-14-19(31)13-20(32)15-23)17-25-27(30)35-36-28(25)34-29(39)24-4-3-22(37-7-11-43-12-8-37)16-26(24)33-21-5-9-42-10-6-21/h3-4,13-16,21,33H,5-12,17-18H2,1-2H3,(H2,34,35,36,39). The molecule has 0 atom stereocenters. The molecule has 2 saturated heterocycles. The van der Waals surface area contributed by atoms with E-state index in [1.807, 2.05) is 26.0 Å². The van der Waals surface area contributed by atoms with Gasteiger partial charge in [-0.25, -0.2) is 17.2 Å². The number of H-pyrrole nitrogens is 1. The third-order valence-corrected chi connectivity index (χ3v) is 10.1. The molecular weight excluding hydrogens is 594 g/mol. The monoisotopic (exact) mass is 630 g/mol. The molecule has 44 heavy (non-hydrogen) atoms. The van der Waals surface area contributed by atoms with Crippen LogP contribution in [0.2, 0.25) is 0 Å². The minimum absolute atomic E-state index is 0.0399. The van der Waals surface area contributed by atoms with E-state index in [1.54, 1.807) is 6.07 Å². The highest BCUT2D eigenvalue weighted by atomic mass is 32.2. The molecule has 11 nitrogen and oxygen atoms in total. The molecule has 0 radical (unpaired) electrons. The van der Waals surface area contributed by atoms with E-state index in [2.05, 4.69) is 25.7 Å². The van der Waals surface area contributed by atoms with Crippen molar-refractivity contribution in [2.45, 2.75) is 49.6 Å². The van der Waals surface area contributed by atoms with Gasteiger partial charge in [-0.1, -0.05) is 13.8 Å². The van der Waals surface area contributed by atoms with Crippen LogP contribution in [0, 0.1) is 11.6 Å². The van der Waals surface area contributed by atoms with Gasteiger partial charge in [-0.15, -0.1) is 0 Å². The van der Waals surface area contributed by atoms with Crippen LogP contribution in [0.4, 0.5) is 26.0 Å². The molecule has 1 aromatic heterocycles. The Morgan fingerprint density at radius 1 is 1.02 bits per heavy atom. The molecule has 6 rings (SSSR count). The largest absolute Gasteiger partial charge is 0.381 e. The molecule has 0 aliphatic carbocycles. The van der Waals surface area contributed by atoms with Crippen LogP contribution in [0.3, 0.4) is 0 Å². The average molecular weight is 631 g/mol. The highest BCUT2D eigenvalue weighted by Gasteiger charge is 2.41. The van der Waals surface area contributed by atoms with E-state index in [9.17, 15) is 22.0 Å². The number of rotatable bonds is 7. The molecule has 0 spiro atoms. The number of amides is 1. The predicted octanol–water partition coefficient (Wildman–Crippen LogP) is 3.85. The fraction of sp³-hybridized carbons (Fsp3) is 0.467. The Kier molecular flexibility index (Phi) is 8.35. The first-order chi connectivity index (χ1) is 21.0. The van der Waals surface area contributed by atoms with E-state index >= 15 is 0 Å². The van der Waals surface area contributed by atoms with Gasteiger partial charge in [0.25, 0.3) is 5.91 Å². The third-order valence-electron chi connectivity index (χ3n) is 8.36. The molecule has 3 aliphatic rings. The molecule has 3 aromatic rings. The van der Waals surface area contributed by atoms with Crippen molar-refractivity contribution in [3.63, 3.8) is 0 Å². The third kappa shape index (κ3) is 6.16. The predicted molar refractivity (Wildman–Crippen MR) is 160 cm³/mol. The topological polar surface area (TPSA) is 129 Å². The number of halogens is 2. The van der Waals surface area contributed by atoms with Gasteiger partial charge in [-0.05, 0) is 43.2 Å². The summed E-state index contributed by atoms with van der Waals surface area (Å²) in [5, 5.41) is 13.8. The first-order valence-electron chi connectivity index (χ1n) is 14.7. The van der Waals surface area contributed by atoms with Crippen LogP contribution in [-0.2, 0) is 31.5 Å². The fourth-order valence-corrected chi connectivity index (χ4v) is 7.65. The molecule has 4 heterocycles. The van der Waals surface area contributed by atoms with Gasteiger partial charge in [0.1, 0.15) is 11.6 Å². The minimum Gasteiger partial charge on any atom is -0.381 e. The number of aromatic nitrogens is 2. The van der Waals surface area contributed by atoms with E-state index in [-0.39, 0.29) is 24.9 Å². The normalized spacial score (nSPS) is 19.4. The molecule has 3 N–H and O–H groups in total. The number of carbonyl (C=O) groups excluding carboxylic acids is 1. The van der Waals surface area contributed by atoms with Crippen molar-refractivity contribution in [1.29, 1.82) is 0 Å². The Balaban J connectivity index is 1.29. The van der Waals surface area contributed by atoms with Gasteiger partial charge in [-0.2, -0.15) is 9.40 Å². The SMILES string of the molecule is CC1(C)CN(S(=O)(=O)c2cc(F)cc(F)c2)Cc2c(NC(=O)c3ccc(N4CCOCC4)cc3NC3CCOCC3)n[nH]c21. The van der Waals surface area contributed by atoms with Crippen LogP contribution < -0.4 is 15.5 Å². The van der Waals surface area contributed by atoms with Gasteiger partial charge >= 0.3 is 0 Å². The number of aromatic amines is 1. The molecule has 1 amide bonds. The summed E-state index contributed by atoms with van der Waals surface area (Å²) in [6, 6.07) is 8.02. The van der Waals surface area contributed by atoms with Crippen LogP contribution in [0.15, 0.2) is 41.3 Å². The van der Waals surface area contributed by atoms with Crippen molar-refractivity contribution in [3.05, 3.63) is 64.9 Å². The summed E-state index contributed by atoms with van der Waals surface area (Å²) >= 11 is 0. The van der Waals surface area contributed by atoms with Gasteiger partial charge < -0.3 is 25.0 Å². The second kappa shape index (κ2) is 12.1. The highest BCUT2D eigenvalue weighted by Crippen LogP contribution is 2.38. The van der Waals surface area contributed by atoms with Crippen molar-refractivity contribution < 1.29 is 31.5 Å². The number of anilines is 3. The average Bonchev–Trinajstić information content (AvgIpc) is 3.41. The summed E-state index contributed by atoms with van der Waals surface area (Å²) in [5.74, 6) is -2.19. The van der Waals surface area contributed by atoms with Crippen molar-refractivity contribution in [3.8, 4) is 0 Å². The van der Waals surface area contributed by atoms with Gasteiger partial charge in [0.05, 0.1) is 23.7 Å². The van der Waals surface area contributed by atoms with Gasteiger partial charge in [0, 0.05) is 79.5 Å². The van der Waals surface area contributed by atoms with Crippen molar-refractivity contribution in [1.82, 2.24) is 14.5 Å². The minimum atomic E-state index is -4.27. The smallest absolute Gasteiger partial charge is 0.258 e. The number of morpholine rings is 1. The Morgan fingerprint density at radius 2 is 1.70 bits per heavy atom. The molecular formula is C30H36F2N6O5S. The molecule has 2 aromatic carbocycles. The molecule has 3 aliphatic heterocycles. The van der Waals surface area contributed by atoms with E-state index < -0.39 is 37.9 Å². The number of fused-ring (bicyclic) bond motifs is 1. The number of benzene rings is 2. The molecule has 0 unspecified atom stereocenters. The molecule has 236 valence electrons. The number of hydrogen-bond acceptors (Lipinski definition) is 8. The Morgan fingerprint density at radius 3 is 2.41 bits per heavy atom. The maximum absolute atomic E-state index is 13.9. The Labute approximate surface area is 254 Å². The first kappa shape index (κ1) is 30.4. The summed E-state index contributed by atoms with van der Waals surface area (Å²) in [5.41, 5.74) is 2.50.